The molecule has 1 aliphatic heterocycles. The molecule has 0 aromatic heterocycles. The van der Waals surface area contributed by atoms with E-state index < -0.39 is 0 Å². The molecular formula is C14H21FN2O. The summed E-state index contributed by atoms with van der Waals surface area (Å²) in [5.74, 6) is -0.162. The van der Waals surface area contributed by atoms with E-state index in [1.165, 1.54) is 6.07 Å². The Labute approximate surface area is 108 Å². The first kappa shape index (κ1) is 13.3. The predicted molar refractivity (Wildman–Crippen MR) is 71.4 cm³/mol. The summed E-state index contributed by atoms with van der Waals surface area (Å²) in [5.41, 5.74) is 0.677. The van der Waals surface area contributed by atoms with Crippen molar-refractivity contribution in [3.8, 4) is 0 Å². The van der Waals surface area contributed by atoms with Crippen molar-refractivity contribution < 1.29 is 9.50 Å². The lowest BCUT2D eigenvalue weighted by atomic mass is 10.1. The Balaban J connectivity index is 2.15. The van der Waals surface area contributed by atoms with Crippen LogP contribution < -0.4 is 4.90 Å². The summed E-state index contributed by atoms with van der Waals surface area (Å²) in [6.45, 7) is 2.82. The number of likely N-dealkylation sites (N-methyl/N-ethyl adjacent to an activating group) is 1. The van der Waals surface area contributed by atoms with Crippen LogP contribution in [-0.4, -0.2) is 49.3 Å². The van der Waals surface area contributed by atoms with E-state index >= 15 is 0 Å². The summed E-state index contributed by atoms with van der Waals surface area (Å²) in [5, 5.41) is 9.12. The van der Waals surface area contributed by atoms with Gasteiger partial charge in [-0.25, -0.2) is 4.39 Å². The number of hydrogen-bond acceptors (Lipinski definition) is 3. The van der Waals surface area contributed by atoms with Gasteiger partial charge in [-0.05, 0) is 38.6 Å². The van der Waals surface area contributed by atoms with Gasteiger partial charge >= 0.3 is 0 Å². The lowest BCUT2D eigenvalue weighted by molar-refractivity contribution is 0.196. The minimum Gasteiger partial charge on any atom is -0.396 e. The molecule has 1 aromatic carbocycles. The third-order valence-electron chi connectivity index (χ3n) is 3.65. The van der Waals surface area contributed by atoms with Gasteiger partial charge in [0.15, 0.2) is 0 Å². The first-order valence-corrected chi connectivity index (χ1v) is 6.53. The number of benzene rings is 1. The highest BCUT2D eigenvalue weighted by atomic mass is 19.1. The van der Waals surface area contributed by atoms with Gasteiger partial charge in [0, 0.05) is 25.7 Å². The van der Waals surface area contributed by atoms with E-state index in [0.717, 1.165) is 32.5 Å². The molecule has 0 saturated carbocycles. The van der Waals surface area contributed by atoms with Crippen LogP contribution in [0.2, 0.25) is 0 Å². The van der Waals surface area contributed by atoms with Gasteiger partial charge in [0.05, 0.1) is 5.69 Å². The molecule has 1 aromatic rings. The second-order valence-electron chi connectivity index (χ2n) is 4.90. The molecule has 0 spiro atoms. The topological polar surface area (TPSA) is 26.7 Å². The average molecular weight is 252 g/mol. The van der Waals surface area contributed by atoms with Gasteiger partial charge in [-0.15, -0.1) is 0 Å². The highest BCUT2D eigenvalue weighted by Gasteiger charge is 2.23. The molecule has 0 aliphatic carbocycles. The number of aliphatic hydroxyl groups excluding tert-OH is 1. The summed E-state index contributed by atoms with van der Waals surface area (Å²) in [7, 11) is 2.07. The van der Waals surface area contributed by atoms with Gasteiger partial charge in [-0.3, -0.25) is 0 Å². The van der Waals surface area contributed by atoms with E-state index in [1.807, 2.05) is 12.1 Å². The summed E-state index contributed by atoms with van der Waals surface area (Å²) < 4.78 is 13.8. The van der Waals surface area contributed by atoms with Crippen molar-refractivity contribution in [1.29, 1.82) is 0 Å². The number of hydrogen-bond donors (Lipinski definition) is 1. The molecule has 100 valence electrons. The molecule has 18 heavy (non-hydrogen) atoms. The van der Waals surface area contributed by atoms with Crippen molar-refractivity contribution in [1.82, 2.24) is 4.90 Å². The maximum absolute atomic E-state index is 13.8. The fourth-order valence-electron chi connectivity index (χ4n) is 2.57. The van der Waals surface area contributed by atoms with Crippen molar-refractivity contribution in [3.63, 3.8) is 0 Å². The molecule has 1 N–H and O–H groups in total. The Morgan fingerprint density at radius 2 is 2.11 bits per heavy atom. The van der Waals surface area contributed by atoms with Crippen LogP contribution in [0.1, 0.15) is 12.8 Å². The summed E-state index contributed by atoms with van der Waals surface area (Å²) in [4.78, 5) is 4.36. The number of halogens is 1. The maximum Gasteiger partial charge on any atom is 0.146 e. The van der Waals surface area contributed by atoms with E-state index in [0.29, 0.717) is 5.69 Å². The lowest BCUT2D eigenvalue weighted by Gasteiger charge is -2.29. The fourth-order valence-corrected chi connectivity index (χ4v) is 2.57. The minimum atomic E-state index is -0.162. The number of nitrogens with zero attached hydrogens (tertiary/aromatic N) is 2. The Kier molecular flexibility index (Phi) is 4.55. The molecule has 1 fully saturated rings. The van der Waals surface area contributed by atoms with Crippen molar-refractivity contribution >= 4 is 5.69 Å². The molecule has 1 atom stereocenters. The molecule has 0 radical (unpaired) electrons. The molecule has 1 aliphatic rings. The van der Waals surface area contributed by atoms with E-state index in [-0.39, 0.29) is 18.5 Å². The van der Waals surface area contributed by atoms with Gasteiger partial charge in [0.2, 0.25) is 0 Å². The second-order valence-corrected chi connectivity index (χ2v) is 4.90. The van der Waals surface area contributed by atoms with Crippen LogP contribution in [0.4, 0.5) is 10.1 Å². The van der Waals surface area contributed by atoms with Gasteiger partial charge in [-0.2, -0.15) is 0 Å². The zero-order chi connectivity index (χ0) is 13.0. The molecule has 3 nitrogen and oxygen atoms in total. The first-order chi connectivity index (χ1) is 8.72. The van der Waals surface area contributed by atoms with Crippen molar-refractivity contribution in [2.45, 2.75) is 18.9 Å². The summed E-state index contributed by atoms with van der Waals surface area (Å²) in [6, 6.07) is 7.21. The SMILES string of the molecule is CN1CCCN(c2ccccc2F)CC1CCO. The van der Waals surface area contributed by atoms with Crippen LogP contribution in [0.3, 0.4) is 0 Å². The fraction of sp³-hybridized carbons (Fsp3) is 0.571. The third kappa shape index (κ3) is 3.00. The van der Waals surface area contributed by atoms with Crippen LogP contribution >= 0.6 is 0 Å². The minimum absolute atomic E-state index is 0.162. The Hall–Kier alpha value is -1.13. The second kappa shape index (κ2) is 6.16. The van der Waals surface area contributed by atoms with E-state index in [1.54, 1.807) is 6.07 Å². The molecular weight excluding hydrogens is 231 g/mol. The van der Waals surface area contributed by atoms with Gasteiger partial charge in [0.25, 0.3) is 0 Å². The number of rotatable bonds is 3. The highest BCUT2D eigenvalue weighted by molar-refractivity contribution is 5.47. The van der Waals surface area contributed by atoms with Gasteiger partial charge in [0.1, 0.15) is 5.82 Å². The quantitative estimate of drug-likeness (QED) is 0.887. The zero-order valence-corrected chi connectivity index (χ0v) is 10.8. The molecule has 2 rings (SSSR count). The number of para-hydroxylation sites is 1. The molecule has 0 amide bonds. The van der Waals surface area contributed by atoms with E-state index in [9.17, 15) is 4.39 Å². The van der Waals surface area contributed by atoms with E-state index in [4.69, 9.17) is 5.11 Å². The molecule has 1 unspecified atom stereocenters. The van der Waals surface area contributed by atoms with Crippen LogP contribution in [-0.2, 0) is 0 Å². The Morgan fingerprint density at radius 3 is 2.83 bits per heavy atom. The van der Waals surface area contributed by atoms with Crippen LogP contribution in [0, 0.1) is 5.82 Å². The summed E-state index contributed by atoms with van der Waals surface area (Å²) >= 11 is 0. The van der Waals surface area contributed by atoms with Crippen molar-refractivity contribution in [3.05, 3.63) is 30.1 Å². The van der Waals surface area contributed by atoms with Gasteiger partial charge < -0.3 is 14.9 Å². The Bertz CT molecular complexity index is 386. The third-order valence-corrected chi connectivity index (χ3v) is 3.65. The summed E-state index contributed by atoms with van der Waals surface area (Å²) in [6.07, 6.45) is 1.76. The van der Waals surface area contributed by atoms with Crippen LogP contribution in [0.15, 0.2) is 24.3 Å². The number of aliphatic hydroxyl groups is 1. The van der Waals surface area contributed by atoms with Crippen LogP contribution in [0.5, 0.6) is 0 Å². The smallest absolute Gasteiger partial charge is 0.146 e. The monoisotopic (exact) mass is 252 g/mol. The largest absolute Gasteiger partial charge is 0.396 e. The molecule has 1 heterocycles. The highest BCUT2D eigenvalue weighted by Crippen LogP contribution is 2.22. The van der Waals surface area contributed by atoms with Crippen molar-refractivity contribution in [2.24, 2.45) is 0 Å². The zero-order valence-electron chi connectivity index (χ0n) is 10.8. The maximum atomic E-state index is 13.8. The average Bonchev–Trinajstić information content (AvgIpc) is 2.54. The Morgan fingerprint density at radius 1 is 1.33 bits per heavy atom. The normalized spacial score (nSPS) is 21.9. The first-order valence-electron chi connectivity index (χ1n) is 6.53. The van der Waals surface area contributed by atoms with Gasteiger partial charge in [-0.1, -0.05) is 12.1 Å². The number of anilines is 1. The van der Waals surface area contributed by atoms with E-state index in [2.05, 4.69) is 16.8 Å². The molecule has 4 heteroatoms. The standard InChI is InChI=1S/C14H21FN2O/c1-16-8-4-9-17(11-12(16)7-10-18)14-6-3-2-5-13(14)15/h2-3,5-6,12,18H,4,7-11H2,1H3. The molecule has 0 bridgehead atoms. The van der Waals surface area contributed by atoms with Crippen LogP contribution in [0.25, 0.3) is 0 Å². The van der Waals surface area contributed by atoms with Crippen molar-refractivity contribution in [2.75, 3.05) is 38.2 Å². The predicted octanol–water partition coefficient (Wildman–Crippen LogP) is 1.72. The molecule has 1 saturated heterocycles. The lowest BCUT2D eigenvalue weighted by Crippen LogP contribution is -2.39.